The van der Waals surface area contributed by atoms with Gasteiger partial charge in [-0.3, -0.25) is 0 Å². The molecule has 0 radical (unpaired) electrons. The van der Waals surface area contributed by atoms with Gasteiger partial charge in [0.15, 0.2) is 0 Å². The van der Waals surface area contributed by atoms with Gasteiger partial charge in [0.2, 0.25) is 0 Å². The molecule has 33 heavy (non-hydrogen) atoms. The third-order valence-electron chi connectivity index (χ3n) is 5.29. The van der Waals surface area contributed by atoms with Gasteiger partial charge < -0.3 is 19.5 Å². The molecule has 5 heteroatoms. The SMILES string of the molecule is COc1ccc(CN(Cc2ccc(C(=O)O)cc2)c2ccc(Oc3ccccc3)cc2)cc1. The average molecular weight is 440 g/mol. The van der Waals surface area contributed by atoms with Gasteiger partial charge in [0.1, 0.15) is 17.2 Å². The first kappa shape index (κ1) is 22.0. The third kappa shape index (κ3) is 5.92. The highest BCUT2D eigenvalue weighted by atomic mass is 16.5. The molecule has 4 rings (SSSR count). The molecule has 5 nitrogen and oxygen atoms in total. The highest BCUT2D eigenvalue weighted by Gasteiger charge is 2.11. The number of ether oxygens (including phenoxy) is 2. The number of carbonyl (C=O) groups is 1. The number of hydrogen-bond donors (Lipinski definition) is 1. The van der Waals surface area contributed by atoms with Crippen molar-refractivity contribution in [3.63, 3.8) is 0 Å². The normalized spacial score (nSPS) is 10.5. The fraction of sp³-hybridized carbons (Fsp3) is 0.107. The number of hydrogen-bond acceptors (Lipinski definition) is 4. The number of carboxylic acid groups (broad SMARTS) is 1. The van der Waals surface area contributed by atoms with Crippen molar-refractivity contribution in [3.8, 4) is 17.2 Å². The van der Waals surface area contributed by atoms with Crippen molar-refractivity contribution in [1.29, 1.82) is 0 Å². The molecule has 0 aliphatic heterocycles. The van der Waals surface area contributed by atoms with E-state index < -0.39 is 5.97 Å². The maximum absolute atomic E-state index is 11.2. The highest BCUT2D eigenvalue weighted by Crippen LogP contribution is 2.27. The second-order valence-electron chi connectivity index (χ2n) is 7.62. The minimum atomic E-state index is -0.925. The molecule has 1 N–H and O–H groups in total. The molecule has 0 aliphatic rings. The molecule has 4 aromatic rings. The Morgan fingerprint density at radius 1 is 0.697 bits per heavy atom. The Kier molecular flexibility index (Phi) is 6.90. The van der Waals surface area contributed by atoms with Crippen molar-refractivity contribution in [2.75, 3.05) is 12.0 Å². The average Bonchev–Trinajstić information content (AvgIpc) is 2.85. The van der Waals surface area contributed by atoms with Crippen molar-refractivity contribution < 1.29 is 19.4 Å². The summed E-state index contributed by atoms with van der Waals surface area (Å²) in [4.78, 5) is 13.4. The molecule has 0 amide bonds. The van der Waals surface area contributed by atoms with Gasteiger partial charge in [0.05, 0.1) is 12.7 Å². The number of anilines is 1. The van der Waals surface area contributed by atoms with Crippen LogP contribution < -0.4 is 14.4 Å². The summed E-state index contributed by atoms with van der Waals surface area (Å²) < 4.78 is 11.2. The maximum atomic E-state index is 11.2. The Hall–Kier alpha value is -4.25. The number of para-hydroxylation sites is 1. The van der Waals surface area contributed by atoms with Crippen LogP contribution in [0, 0.1) is 0 Å². The van der Waals surface area contributed by atoms with E-state index in [-0.39, 0.29) is 5.56 Å². The summed E-state index contributed by atoms with van der Waals surface area (Å²) in [5.41, 5.74) is 3.48. The summed E-state index contributed by atoms with van der Waals surface area (Å²) in [6.07, 6.45) is 0. The molecule has 0 aliphatic carbocycles. The number of aromatic carboxylic acids is 1. The monoisotopic (exact) mass is 439 g/mol. The Morgan fingerprint density at radius 3 is 1.76 bits per heavy atom. The Labute approximate surface area is 193 Å². The van der Waals surface area contributed by atoms with Gasteiger partial charge in [-0.15, -0.1) is 0 Å². The summed E-state index contributed by atoms with van der Waals surface area (Å²) in [7, 11) is 1.65. The van der Waals surface area contributed by atoms with E-state index in [1.54, 1.807) is 19.2 Å². The predicted octanol–water partition coefficient (Wildman–Crippen LogP) is 6.39. The number of nitrogens with zero attached hydrogens (tertiary/aromatic N) is 1. The van der Waals surface area contributed by atoms with E-state index in [1.165, 1.54) is 0 Å². The summed E-state index contributed by atoms with van der Waals surface area (Å²) in [5, 5.41) is 9.17. The molecule has 4 aromatic carbocycles. The molecule has 0 spiro atoms. The van der Waals surface area contributed by atoms with Gasteiger partial charge in [0, 0.05) is 18.8 Å². The molecule has 0 heterocycles. The zero-order chi connectivity index (χ0) is 23.0. The van der Waals surface area contributed by atoms with Crippen LogP contribution in [0.4, 0.5) is 5.69 Å². The summed E-state index contributed by atoms with van der Waals surface area (Å²) in [6, 6.07) is 32.6. The lowest BCUT2D eigenvalue weighted by molar-refractivity contribution is 0.0697. The van der Waals surface area contributed by atoms with Crippen LogP contribution in [0.3, 0.4) is 0 Å². The second kappa shape index (κ2) is 10.4. The molecule has 0 fully saturated rings. The Balaban J connectivity index is 1.56. The Bertz CT molecular complexity index is 1170. The molecular formula is C28H25NO4. The van der Waals surface area contributed by atoms with E-state index in [2.05, 4.69) is 4.90 Å². The number of carboxylic acids is 1. The van der Waals surface area contributed by atoms with Crippen LogP contribution >= 0.6 is 0 Å². The predicted molar refractivity (Wildman–Crippen MR) is 129 cm³/mol. The van der Waals surface area contributed by atoms with Crippen molar-refractivity contribution in [2.24, 2.45) is 0 Å². The minimum absolute atomic E-state index is 0.280. The van der Waals surface area contributed by atoms with Gasteiger partial charge in [-0.2, -0.15) is 0 Å². The fourth-order valence-corrected chi connectivity index (χ4v) is 3.51. The molecule has 0 saturated heterocycles. The Morgan fingerprint density at radius 2 is 1.21 bits per heavy atom. The highest BCUT2D eigenvalue weighted by molar-refractivity contribution is 5.87. The van der Waals surface area contributed by atoms with E-state index in [0.29, 0.717) is 13.1 Å². The van der Waals surface area contributed by atoms with Crippen LogP contribution in [0.2, 0.25) is 0 Å². The molecule has 166 valence electrons. The lowest BCUT2D eigenvalue weighted by Gasteiger charge is -2.26. The van der Waals surface area contributed by atoms with Crippen LogP contribution in [0.15, 0.2) is 103 Å². The number of benzene rings is 4. The standard InChI is InChI=1S/C28H25NO4/c1-32-25-15-9-22(10-16-25)20-29(19-21-7-11-23(12-8-21)28(30)31)24-13-17-27(18-14-24)33-26-5-3-2-4-6-26/h2-18H,19-20H2,1H3,(H,30,31). The van der Waals surface area contributed by atoms with Crippen LogP contribution in [0.25, 0.3) is 0 Å². The van der Waals surface area contributed by atoms with Crippen LogP contribution in [-0.2, 0) is 13.1 Å². The van der Waals surface area contributed by atoms with E-state index in [0.717, 1.165) is 34.1 Å². The largest absolute Gasteiger partial charge is 0.497 e. The van der Waals surface area contributed by atoms with E-state index in [9.17, 15) is 9.90 Å². The molecule has 0 bridgehead atoms. The first-order chi connectivity index (χ1) is 16.1. The van der Waals surface area contributed by atoms with E-state index >= 15 is 0 Å². The van der Waals surface area contributed by atoms with E-state index in [1.807, 2.05) is 91.0 Å². The van der Waals surface area contributed by atoms with E-state index in [4.69, 9.17) is 9.47 Å². The lowest BCUT2D eigenvalue weighted by Crippen LogP contribution is -2.22. The summed E-state index contributed by atoms with van der Waals surface area (Å²) in [6.45, 7) is 1.31. The third-order valence-corrected chi connectivity index (χ3v) is 5.29. The van der Waals surface area contributed by atoms with Crippen molar-refractivity contribution in [1.82, 2.24) is 0 Å². The topological polar surface area (TPSA) is 59.0 Å². The van der Waals surface area contributed by atoms with Crippen molar-refractivity contribution in [3.05, 3.63) is 120 Å². The van der Waals surface area contributed by atoms with Gasteiger partial charge in [-0.1, -0.05) is 42.5 Å². The second-order valence-corrected chi connectivity index (χ2v) is 7.62. The molecule has 0 atom stereocenters. The van der Waals surface area contributed by atoms with Gasteiger partial charge in [0.25, 0.3) is 0 Å². The van der Waals surface area contributed by atoms with Crippen LogP contribution in [-0.4, -0.2) is 18.2 Å². The number of rotatable bonds is 9. The molecule has 0 aromatic heterocycles. The first-order valence-electron chi connectivity index (χ1n) is 10.6. The number of methoxy groups -OCH3 is 1. The zero-order valence-electron chi connectivity index (χ0n) is 18.3. The summed E-state index contributed by atoms with van der Waals surface area (Å²) >= 11 is 0. The van der Waals surface area contributed by atoms with Crippen molar-refractivity contribution in [2.45, 2.75) is 13.1 Å². The quantitative estimate of drug-likeness (QED) is 0.327. The first-order valence-corrected chi connectivity index (χ1v) is 10.6. The zero-order valence-corrected chi connectivity index (χ0v) is 18.3. The maximum Gasteiger partial charge on any atom is 0.335 e. The van der Waals surface area contributed by atoms with Gasteiger partial charge in [-0.25, -0.2) is 4.79 Å². The van der Waals surface area contributed by atoms with Gasteiger partial charge >= 0.3 is 5.97 Å². The smallest absolute Gasteiger partial charge is 0.335 e. The minimum Gasteiger partial charge on any atom is -0.497 e. The van der Waals surface area contributed by atoms with Crippen LogP contribution in [0.5, 0.6) is 17.2 Å². The summed E-state index contributed by atoms with van der Waals surface area (Å²) in [5.74, 6) is 1.45. The van der Waals surface area contributed by atoms with Gasteiger partial charge in [-0.05, 0) is 71.8 Å². The van der Waals surface area contributed by atoms with Crippen LogP contribution in [0.1, 0.15) is 21.5 Å². The lowest BCUT2D eigenvalue weighted by atomic mass is 10.1. The fourth-order valence-electron chi connectivity index (χ4n) is 3.51. The van der Waals surface area contributed by atoms with Crippen molar-refractivity contribution >= 4 is 11.7 Å². The molecular weight excluding hydrogens is 414 g/mol. The molecule has 0 saturated carbocycles. The molecule has 0 unspecified atom stereocenters.